The summed E-state index contributed by atoms with van der Waals surface area (Å²) in [5, 5.41) is 10.3. The van der Waals surface area contributed by atoms with Gasteiger partial charge in [0.25, 0.3) is 0 Å². The summed E-state index contributed by atoms with van der Waals surface area (Å²) in [6.07, 6.45) is 4.45. The summed E-state index contributed by atoms with van der Waals surface area (Å²) in [6, 6.07) is 6.12. The van der Waals surface area contributed by atoms with Crippen molar-refractivity contribution in [1.82, 2.24) is 4.98 Å². The van der Waals surface area contributed by atoms with E-state index in [2.05, 4.69) is 11.1 Å². The predicted molar refractivity (Wildman–Crippen MR) is 60.7 cm³/mol. The zero-order chi connectivity index (χ0) is 10.2. The molecule has 0 aliphatic carbocycles. The van der Waals surface area contributed by atoms with Gasteiger partial charge in [-0.3, -0.25) is 4.98 Å². The van der Waals surface area contributed by atoms with Gasteiger partial charge >= 0.3 is 0 Å². The number of nitriles is 1. The van der Waals surface area contributed by atoms with Gasteiger partial charge in [-0.25, -0.2) is 0 Å². The lowest BCUT2D eigenvalue weighted by Gasteiger charge is -1.93. The number of pyridine rings is 1. The third-order valence-corrected chi connectivity index (χ3v) is 2.39. The van der Waals surface area contributed by atoms with Crippen molar-refractivity contribution in [3.63, 3.8) is 0 Å². The highest BCUT2D eigenvalue weighted by atomic mass is 32.2. The Morgan fingerprint density at radius 2 is 2.43 bits per heavy atom. The summed E-state index contributed by atoms with van der Waals surface area (Å²) < 4.78 is 0. The molecule has 1 rings (SSSR count). The van der Waals surface area contributed by atoms with E-state index in [1.807, 2.05) is 36.7 Å². The molecule has 72 valence electrons. The molecule has 1 aromatic heterocycles. The monoisotopic (exact) mass is 204 g/mol. The molecule has 1 aromatic rings. The summed E-state index contributed by atoms with van der Waals surface area (Å²) in [4.78, 5) is 4.18. The van der Waals surface area contributed by atoms with E-state index < -0.39 is 0 Å². The van der Waals surface area contributed by atoms with Gasteiger partial charge in [0.1, 0.15) is 0 Å². The van der Waals surface area contributed by atoms with E-state index in [1.54, 1.807) is 11.8 Å². The van der Waals surface area contributed by atoms with Crippen molar-refractivity contribution >= 4 is 17.8 Å². The van der Waals surface area contributed by atoms with Crippen LogP contribution in [0.5, 0.6) is 0 Å². The van der Waals surface area contributed by atoms with Gasteiger partial charge < -0.3 is 0 Å². The Bertz CT molecular complexity index is 335. The molecular formula is C11H12N2S. The number of hydrogen-bond donors (Lipinski definition) is 0. The van der Waals surface area contributed by atoms with Crippen LogP contribution in [0.15, 0.2) is 23.7 Å². The minimum Gasteiger partial charge on any atom is -0.261 e. The average Bonchev–Trinajstić information content (AvgIpc) is 2.21. The zero-order valence-electron chi connectivity index (χ0n) is 8.10. The molecule has 0 aliphatic heterocycles. The average molecular weight is 204 g/mol. The van der Waals surface area contributed by atoms with Crippen LogP contribution in [-0.4, -0.2) is 10.7 Å². The summed E-state index contributed by atoms with van der Waals surface area (Å²) in [5.74, 6) is 0.853. The van der Waals surface area contributed by atoms with Crippen molar-refractivity contribution in [2.75, 3.05) is 5.75 Å². The van der Waals surface area contributed by atoms with Crippen molar-refractivity contribution in [2.45, 2.75) is 13.3 Å². The minimum atomic E-state index is 0.598. The number of aryl methyl sites for hydroxylation is 1. The fraction of sp³-hybridized carbons (Fsp3) is 0.273. The van der Waals surface area contributed by atoms with Crippen LogP contribution in [-0.2, 0) is 0 Å². The van der Waals surface area contributed by atoms with Gasteiger partial charge in [-0.15, -0.1) is 11.8 Å². The van der Waals surface area contributed by atoms with Gasteiger partial charge in [-0.05, 0) is 30.0 Å². The minimum absolute atomic E-state index is 0.598. The molecule has 0 N–H and O–H groups in total. The SMILES string of the molecule is Cc1ccc(/C=C/SCCC#N)cn1. The van der Waals surface area contributed by atoms with Gasteiger partial charge in [-0.2, -0.15) is 5.26 Å². The molecule has 0 atom stereocenters. The molecule has 0 bridgehead atoms. The molecule has 0 aromatic carbocycles. The Morgan fingerprint density at radius 3 is 3.07 bits per heavy atom. The molecule has 0 saturated heterocycles. The van der Waals surface area contributed by atoms with Crippen molar-refractivity contribution < 1.29 is 0 Å². The van der Waals surface area contributed by atoms with Gasteiger partial charge in [-0.1, -0.05) is 6.07 Å². The first-order valence-corrected chi connectivity index (χ1v) is 5.45. The summed E-state index contributed by atoms with van der Waals surface area (Å²) in [5.41, 5.74) is 2.12. The lowest BCUT2D eigenvalue weighted by Crippen LogP contribution is -1.79. The van der Waals surface area contributed by atoms with Crippen LogP contribution in [0.2, 0.25) is 0 Å². The normalized spacial score (nSPS) is 10.3. The molecule has 0 unspecified atom stereocenters. The highest BCUT2D eigenvalue weighted by Gasteiger charge is 1.87. The highest BCUT2D eigenvalue weighted by Crippen LogP contribution is 2.08. The molecule has 0 amide bonds. The number of hydrogen-bond acceptors (Lipinski definition) is 3. The van der Waals surface area contributed by atoms with E-state index in [4.69, 9.17) is 5.26 Å². The second-order valence-electron chi connectivity index (χ2n) is 2.81. The van der Waals surface area contributed by atoms with Gasteiger partial charge in [0, 0.05) is 24.1 Å². The van der Waals surface area contributed by atoms with E-state index in [-0.39, 0.29) is 0 Å². The van der Waals surface area contributed by atoms with Gasteiger partial charge in [0.2, 0.25) is 0 Å². The van der Waals surface area contributed by atoms with Gasteiger partial charge in [0.05, 0.1) is 6.07 Å². The fourth-order valence-electron chi connectivity index (χ4n) is 0.877. The Labute approximate surface area is 88.7 Å². The van der Waals surface area contributed by atoms with Crippen molar-refractivity contribution in [3.05, 3.63) is 35.0 Å². The van der Waals surface area contributed by atoms with Crippen LogP contribution in [0.1, 0.15) is 17.7 Å². The number of aromatic nitrogens is 1. The first-order valence-electron chi connectivity index (χ1n) is 4.40. The maximum atomic E-state index is 8.32. The molecule has 0 aliphatic rings. The Morgan fingerprint density at radius 1 is 1.57 bits per heavy atom. The number of rotatable bonds is 4. The standard InChI is InChI=1S/C11H12N2S/c1-10-3-4-11(9-13-10)5-8-14-7-2-6-12/h3-5,8-9H,2,7H2,1H3/b8-5+. The van der Waals surface area contributed by atoms with Crippen molar-refractivity contribution in [2.24, 2.45) is 0 Å². The predicted octanol–water partition coefficient (Wildman–Crippen LogP) is 3.01. The van der Waals surface area contributed by atoms with E-state index in [0.717, 1.165) is 17.0 Å². The molecule has 0 spiro atoms. The molecular weight excluding hydrogens is 192 g/mol. The molecule has 0 saturated carbocycles. The van der Waals surface area contributed by atoms with Crippen LogP contribution in [0.25, 0.3) is 6.08 Å². The first-order chi connectivity index (χ1) is 6.83. The van der Waals surface area contributed by atoms with E-state index >= 15 is 0 Å². The third-order valence-electron chi connectivity index (χ3n) is 1.62. The number of thioether (sulfide) groups is 1. The van der Waals surface area contributed by atoms with E-state index in [1.165, 1.54) is 0 Å². The highest BCUT2D eigenvalue weighted by molar-refractivity contribution is 8.02. The van der Waals surface area contributed by atoms with Crippen LogP contribution in [0, 0.1) is 18.3 Å². The largest absolute Gasteiger partial charge is 0.261 e. The van der Waals surface area contributed by atoms with Gasteiger partial charge in [0.15, 0.2) is 0 Å². The second kappa shape index (κ2) is 6.22. The lowest BCUT2D eigenvalue weighted by molar-refractivity contribution is 1.19. The molecule has 0 radical (unpaired) electrons. The summed E-state index contributed by atoms with van der Waals surface area (Å²) >= 11 is 1.65. The van der Waals surface area contributed by atoms with E-state index in [0.29, 0.717) is 6.42 Å². The first kappa shape index (κ1) is 10.8. The molecule has 14 heavy (non-hydrogen) atoms. The summed E-state index contributed by atoms with van der Waals surface area (Å²) in [7, 11) is 0. The molecule has 2 nitrogen and oxygen atoms in total. The zero-order valence-corrected chi connectivity index (χ0v) is 8.92. The Balaban J connectivity index is 2.37. The van der Waals surface area contributed by atoms with Crippen LogP contribution >= 0.6 is 11.8 Å². The van der Waals surface area contributed by atoms with Crippen LogP contribution in [0.3, 0.4) is 0 Å². The smallest absolute Gasteiger partial charge is 0.0630 e. The third kappa shape index (κ3) is 4.11. The molecule has 3 heteroatoms. The lowest BCUT2D eigenvalue weighted by atomic mass is 10.2. The van der Waals surface area contributed by atoms with Crippen LogP contribution < -0.4 is 0 Å². The fourth-order valence-corrected chi connectivity index (χ4v) is 1.48. The maximum Gasteiger partial charge on any atom is 0.0630 e. The number of nitrogens with zero attached hydrogens (tertiary/aromatic N) is 2. The Kier molecular flexibility index (Phi) is 4.81. The molecule has 1 heterocycles. The second-order valence-corrected chi connectivity index (χ2v) is 3.83. The maximum absolute atomic E-state index is 8.32. The van der Waals surface area contributed by atoms with Crippen molar-refractivity contribution in [3.8, 4) is 6.07 Å². The summed E-state index contributed by atoms with van der Waals surface area (Å²) in [6.45, 7) is 1.97. The topological polar surface area (TPSA) is 36.7 Å². The van der Waals surface area contributed by atoms with Crippen molar-refractivity contribution in [1.29, 1.82) is 5.26 Å². The quantitative estimate of drug-likeness (QED) is 0.707. The van der Waals surface area contributed by atoms with Crippen LogP contribution in [0.4, 0.5) is 0 Å². The van der Waals surface area contributed by atoms with E-state index in [9.17, 15) is 0 Å². The molecule has 0 fully saturated rings. The Hall–Kier alpha value is -1.27.